The molecule has 0 saturated carbocycles. The molecule has 0 radical (unpaired) electrons. The summed E-state index contributed by atoms with van der Waals surface area (Å²) in [6, 6.07) is -0.767. The first kappa shape index (κ1) is 12.4. The molecule has 78 valence electrons. The SMILES string of the molecule is CC(C)CCN(C)CC(N)C(=O)O. The average molecular weight is 188 g/mol. The van der Waals surface area contributed by atoms with Gasteiger partial charge in [0.05, 0.1) is 0 Å². The van der Waals surface area contributed by atoms with Crippen molar-refractivity contribution in [1.82, 2.24) is 4.90 Å². The molecule has 0 amide bonds. The Labute approximate surface area is 79.7 Å². The first-order valence-electron chi connectivity index (χ1n) is 4.60. The first-order valence-corrected chi connectivity index (χ1v) is 4.60. The minimum Gasteiger partial charge on any atom is -0.480 e. The lowest BCUT2D eigenvalue weighted by Crippen LogP contribution is -2.41. The van der Waals surface area contributed by atoms with Gasteiger partial charge in [-0.3, -0.25) is 4.79 Å². The standard InChI is InChI=1S/C9H20N2O2/c1-7(2)4-5-11(3)6-8(10)9(12)13/h7-8H,4-6,10H2,1-3H3,(H,12,13). The maximum Gasteiger partial charge on any atom is 0.321 e. The maximum absolute atomic E-state index is 10.4. The Morgan fingerprint density at radius 1 is 1.54 bits per heavy atom. The Hall–Kier alpha value is -0.610. The monoisotopic (exact) mass is 188 g/mol. The van der Waals surface area contributed by atoms with Crippen LogP contribution < -0.4 is 5.73 Å². The molecule has 1 unspecified atom stereocenters. The van der Waals surface area contributed by atoms with Crippen LogP contribution in [0.25, 0.3) is 0 Å². The van der Waals surface area contributed by atoms with Crippen LogP contribution in [0.4, 0.5) is 0 Å². The molecule has 0 aromatic heterocycles. The third-order valence-electron chi connectivity index (χ3n) is 1.91. The van der Waals surface area contributed by atoms with E-state index in [1.165, 1.54) is 0 Å². The molecule has 0 aromatic carbocycles. The number of hydrogen-bond acceptors (Lipinski definition) is 3. The van der Waals surface area contributed by atoms with Crippen LogP contribution in [0.3, 0.4) is 0 Å². The highest BCUT2D eigenvalue weighted by Crippen LogP contribution is 2.00. The molecule has 0 aliphatic carbocycles. The van der Waals surface area contributed by atoms with Crippen molar-refractivity contribution in [3.8, 4) is 0 Å². The number of carboxylic acid groups (broad SMARTS) is 1. The predicted octanol–water partition coefficient (Wildman–Crippen LogP) is 0.376. The van der Waals surface area contributed by atoms with Crippen LogP contribution in [-0.4, -0.2) is 42.2 Å². The van der Waals surface area contributed by atoms with E-state index < -0.39 is 12.0 Å². The number of likely N-dealkylation sites (N-methyl/N-ethyl adjacent to an activating group) is 1. The second kappa shape index (κ2) is 5.94. The van der Waals surface area contributed by atoms with E-state index in [2.05, 4.69) is 13.8 Å². The zero-order valence-corrected chi connectivity index (χ0v) is 8.66. The summed E-state index contributed by atoms with van der Waals surface area (Å²) in [5, 5.41) is 8.56. The highest BCUT2D eigenvalue weighted by molar-refractivity contribution is 5.73. The summed E-state index contributed by atoms with van der Waals surface area (Å²) >= 11 is 0. The van der Waals surface area contributed by atoms with Gasteiger partial charge in [-0.1, -0.05) is 13.8 Å². The summed E-state index contributed by atoms with van der Waals surface area (Å²) in [7, 11) is 1.89. The van der Waals surface area contributed by atoms with Gasteiger partial charge in [0.15, 0.2) is 0 Å². The normalized spacial score (nSPS) is 13.7. The van der Waals surface area contributed by atoms with Gasteiger partial charge in [-0.2, -0.15) is 0 Å². The number of hydrogen-bond donors (Lipinski definition) is 2. The molecule has 4 heteroatoms. The lowest BCUT2D eigenvalue weighted by Gasteiger charge is -2.19. The van der Waals surface area contributed by atoms with Gasteiger partial charge in [0, 0.05) is 6.54 Å². The number of nitrogens with two attached hydrogens (primary N) is 1. The summed E-state index contributed by atoms with van der Waals surface area (Å²) in [4.78, 5) is 12.4. The quantitative estimate of drug-likeness (QED) is 0.632. The molecule has 0 saturated heterocycles. The van der Waals surface area contributed by atoms with Gasteiger partial charge < -0.3 is 15.7 Å². The third-order valence-corrected chi connectivity index (χ3v) is 1.91. The van der Waals surface area contributed by atoms with Crippen molar-refractivity contribution in [2.75, 3.05) is 20.1 Å². The number of carbonyl (C=O) groups is 1. The first-order chi connectivity index (χ1) is 5.93. The summed E-state index contributed by atoms with van der Waals surface area (Å²) in [5.74, 6) is -0.292. The summed E-state index contributed by atoms with van der Waals surface area (Å²) in [5.41, 5.74) is 5.38. The van der Waals surface area contributed by atoms with Crippen molar-refractivity contribution in [2.24, 2.45) is 11.7 Å². The van der Waals surface area contributed by atoms with Crippen molar-refractivity contribution in [2.45, 2.75) is 26.3 Å². The fraction of sp³-hybridized carbons (Fsp3) is 0.889. The Balaban J connectivity index is 3.61. The lowest BCUT2D eigenvalue weighted by atomic mass is 10.1. The summed E-state index contributed by atoms with van der Waals surface area (Å²) in [6.07, 6.45) is 1.07. The largest absolute Gasteiger partial charge is 0.480 e. The van der Waals surface area contributed by atoms with E-state index in [0.717, 1.165) is 13.0 Å². The van der Waals surface area contributed by atoms with E-state index in [4.69, 9.17) is 10.8 Å². The second-order valence-electron chi connectivity index (χ2n) is 3.89. The molecule has 0 aliphatic rings. The Morgan fingerprint density at radius 3 is 2.46 bits per heavy atom. The van der Waals surface area contributed by atoms with Gasteiger partial charge in [0.2, 0.25) is 0 Å². The fourth-order valence-electron chi connectivity index (χ4n) is 0.984. The molecule has 0 fully saturated rings. The lowest BCUT2D eigenvalue weighted by molar-refractivity contribution is -0.138. The number of rotatable bonds is 6. The topological polar surface area (TPSA) is 66.6 Å². The van der Waals surface area contributed by atoms with Crippen LogP contribution in [0.1, 0.15) is 20.3 Å². The molecular formula is C9H20N2O2. The minimum atomic E-state index is -0.934. The van der Waals surface area contributed by atoms with Gasteiger partial charge in [-0.05, 0) is 25.9 Å². The third kappa shape index (κ3) is 6.54. The number of aliphatic carboxylic acids is 1. The van der Waals surface area contributed by atoms with Crippen LogP contribution in [0.5, 0.6) is 0 Å². The van der Waals surface area contributed by atoms with Gasteiger partial charge >= 0.3 is 5.97 Å². The van der Waals surface area contributed by atoms with Gasteiger partial charge in [0.1, 0.15) is 6.04 Å². The maximum atomic E-state index is 10.4. The zero-order valence-electron chi connectivity index (χ0n) is 8.66. The van der Waals surface area contributed by atoms with Crippen LogP contribution in [-0.2, 0) is 4.79 Å². The van der Waals surface area contributed by atoms with E-state index in [1.807, 2.05) is 11.9 Å². The van der Waals surface area contributed by atoms with Gasteiger partial charge in [-0.25, -0.2) is 0 Å². The molecule has 0 rings (SSSR count). The molecule has 3 N–H and O–H groups in total. The molecule has 0 heterocycles. The van der Waals surface area contributed by atoms with E-state index in [1.54, 1.807) is 0 Å². The van der Waals surface area contributed by atoms with Crippen molar-refractivity contribution < 1.29 is 9.90 Å². The Bertz CT molecular complexity index is 160. The van der Waals surface area contributed by atoms with Gasteiger partial charge in [0.25, 0.3) is 0 Å². The van der Waals surface area contributed by atoms with Gasteiger partial charge in [-0.15, -0.1) is 0 Å². The Morgan fingerprint density at radius 2 is 2.08 bits per heavy atom. The molecule has 0 aliphatic heterocycles. The number of carboxylic acids is 1. The second-order valence-corrected chi connectivity index (χ2v) is 3.89. The molecule has 13 heavy (non-hydrogen) atoms. The molecule has 1 atom stereocenters. The minimum absolute atomic E-state index is 0.419. The fourth-order valence-corrected chi connectivity index (χ4v) is 0.984. The van der Waals surface area contributed by atoms with Crippen LogP contribution in [0.15, 0.2) is 0 Å². The van der Waals surface area contributed by atoms with Crippen molar-refractivity contribution in [3.63, 3.8) is 0 Å². The molecule has 4 nitrogen and oxygen atoms in total. The van der Waals surface area contributed by atoms with E-state index in [-0.39, 0.29) is 0 Å². The molecule has 0 bridgehead atoms. The van der Waals surface area contributed by atoms with Crippen LogP contribution >= 0.6 is 0 Å². The van der Waals surface area contributed by atoms with Crippen LogP contribution in [0, 0.1) is 5.92 Å². The molecular weight excluding hydrogens is 168 g/mol. The highest BCUT2D eigenvalue weighted by Gasteiger charge is 2.13. The van der Waals surface area contributed by atoms with E-state index in [9.17, 15) is 4.79 Å². The predicted molar refractivity (Wildman–Crippen MR) is 52.6 cm³/mol. The molecule has 0 aromatic rings. The summed E-state index contributed by atoms with van der Waals surface area (Å²) < 4.78 is 0. The zero-order chi connectivity index (χ0) is 10.4. The Kier molecular flexibility index (Phi) is 5.66. The van der Waals surface area contributed by atoms with E-state index >= 15 is 0 Å². The average Bonchev–Trinajstić information content (AvgIpc) is 2.00. The molecule has 0 spiro atoms. The van der Waals surface area contributed by atoms with Crippen molar-refractivity contribution >= 4 is 5.97 Å². The van der Waals surface area contributed by atoms with E-state index in [0.29, 0.717) is 12.5 Å². The summed E-state index contributed by atoms with van der Waals surface area (Å²) in [6.45, 7) is 5.61. The van der Waals surface area contributed by atoms with Crippen molar-refractivity contribution in [1.29, 1.82) is 0 Å². The number of nitrogens with zero attached hydrogens (tertiary/aromatic N) is 1. The highest BCUT2D eigenvalue weighted by atomic mass is 16.4. The smallest absolute Gasteiger partial charge is 0.321 e. The van der Waals surface area contributed by atoms with Crippen molar-refractivity contribution in [3.05, 3.63) is 0 Å². The van der Waals surface area contributed by atoms with Crippen LogP contribution in [0.2, 0.25) is 0 Å².